The number of aromatic nitrogens is 1. The maximum absolute atomic E-state index is 12.3. The van der Waals surface area contributed by atoms with Gasteiger partial charge in [0.25, 0.3) is 5.56 Å². The number of nitrogens with two attached hydrogens (primary N) is 1. The maximum Gasteiger partial charge on any atom is 0.250 e. The van der Waals surface area contributed by atoms with Gasteiger partial charge in [0.2, 0.25) is 0 Å². The summed E-state index contributed by atoms with van der Waals surface area (Å²) in [5.74, 6) is -0.169. The summed E-state index contributed by atoms with van der Waals surface area (Å²) >= 11 is 4.84. The number of sulfone groups is 1. The van der Waals surface area contributed by atoms with Gasteiger partial charge in [-0.25, -0.2) is 8.42 Å². The van der Waals surface area contributed by atoms with E-state index in [1.54, 1.807) is 30.5 Å². The molecule has 0 aliphatic carbocycles. The monoisotopic (exact) mass is 322 g/mol. The molecule has 110 valence electrons. The van der Waals surface area contributed by atoms with Crippen molar-refractivity contribution in [2.75, 3.05) is 5.75 Å². The highest BCUT2D eigenvalue weighted by Gasteiger charge is 2.15. The van der Waals surface area contributed by atoms with Crippen LogP contribution >= 0.6 is 12.2 Å². The first-order chi connectivity index (χ1) is 9.90. The molecule has 0 saturated heterocycles. The average Bonchev–Trinajstić information content (AvgIpc) is 2.46. The minimum absolute atomic E-state index is 0.0965. The SMILES string of the molecule is NC(=S)c1cccc(S(=O)(=O)CCn2ccccc2=O)c1. The maximum atomic E-state index is 12.3. The minimum Gasteiger partial charge on any atom is -0.389 e. The molecule has 2 aromatic rings. The summed E-state index contributed by atoms with van der Waals surface area (Å²) in [7, 11) is -3.51. The van der Waals surface area contributed by atoms with E-state index in [2.05, 4.69) is 0 Å². The molecule has 0 fully saturated rings. The van der Waals surface area contributed by atoms with E-state index in [-0.39, 0.29) is 27.7 Å². The van der Waals surface area contributed by atoms with E-state index in [1.807, 2.05) is 0 Å². The van der Waals surface area contributed by atoms with Crippen molar-refractivity contribution in [3.8, 4) is 0 Å². The molecule has 0 aliphatic rings. The van der Waals surface area contributed by atoms with Gasteiger partial charge in [-0.2, -0.15) is 0 Å². The number of thiocarbonyl (C=S) groups is 1. The van der Waals surface area contributed by atoms with Crippen LogP contribution in [0.4, 0.5) is 0 Å². The zero-order valence-electron chi connectivity index (χ0n) is 11.1. The van der Waals surface area contributed by atoms with Gasteiger partial charge in [-0.1, -0.05) is 30.4 Å². The van der Waals surface area contributed by atoms with Crippen LogP contribution in [0.25, 0.3) is 0 Å². The number of nitrogens with zero attached hydrogens (tertiary/aromatic N) is 1. The van der Waals surface area contributed by atoms with Gasteiger partial charge in [0.05, 0.1) is 10.6 Å². The summed E-state index contributed by atoms with van der Waals surface area (Å²) in [6, 6.07) is 10.9. The van der Waals surface area contributed by atoms with E-state index in [1.165, 1.54) is 22.8 Å². The van der Waals surface area contributed by atoms with Crippen LogP contribution in [0.2, 0.25) is 0 Å². The van der Waals surface area contributed by atoms with Gasteiger partial charge >= 0.3 is 0 Å². The summed E-state index contributed by atoms with van der Waals surface area (Å²) in [5.41, 5.74) is 5.77. The first kappa shape index (κ1) is 15.4. The van der Waals surface area contributed by atoms with E-state index < -0.39 is 9.84 Å². The lowest BCUT2D eigenvalue weighted by Gasteiger charge is -2.08. The Morgan fingerprint density at radius 3 is 2.62 bits per heavy atom. The fraction of sp³-hybridized carbons (Fsp3) is 0.143. The predicted octanol–water partition coefficient (Wildman–Crippen LogP) is 0.956. The van der Waals surface area contributed by atoms with Crippen molar-refractivity contribution < 1.29 is 8.42 Å². The van der Waals surface area contributed by atoms with E-state index >= 15 is 0 Å². The fourth-order valence-corrected chi connectivity index (χ4v) is 3.22. The molecule has 1 heterocycles. The van der Waals surface area contributed by atoms with Crippen molar-refractivity contribution >= 4 is 27.0 Å². The van der Waals surface area contributed by atoms with Gasteiger partial charge in [0.15, 0.2) is 9.84 Å². The summed E-state index contributed by atoms with van der Waals surface area (Å²) in [6.45, 7) is 0.0965. The van der Waals surface area contributed by atoms with Crippen LogP contribution in [0.1, 0.15) is 5.56 Å². The van der Waals surface area contributed by atoms with Crippen LogP contribution < -0.4 is 11.3 Å². The quantitative estimate of drug-likeness (QED) is 0.829. The largest absolute Gasteiger partial charge is 0.389 e. The zero-order valence-corrected chi connectivity index (χ0v) is 12.7. The lowest BCUT2D eigenvalue weighted by atomic mass is 10.2. The van der Waals surface area contributed by atoms with Crippen molar-refractivity contribution in [2.24, 2.45) is 5.73 Å². The molecule has 0 atom stereocenters. The summed E-state index contributed by atoms with van der Waals surface area (Å²) in [4.78, 5) is 11.8. The molecular weight excluding hydrogens is 308 g/mol. The Morgan fingerprint density at radius 1 is 1.19 bits per heavy atom. The van der Waals surface area contributed by atoms with Crippen molar-refractivity contribution in [3.05, 3.63) is 64.6 Å². The fourth-order valence-electron chi connectivity index (χ4n) is 1.82. The van der Waals surface area contributed by atoms with Crippen LogP contribution in [-0.4, -0.2) is 23.7 Å². The molecule has 2 N–H and O–H groups in total. The standard InChI is InChI=1S/C14H14N2O3S2/c15-14(20)11-4-3-5-12(10-11)21(18,19)9-8-16-7-2-1-6-13(16)17/h1-7,10H,8-9H2,(H2,15,20). The van der Waals surface area contributed by atoms with Crippen LogP contribution in [0.3, 0.4) is 0 Å². The molecule has 21 heavy (non-hydrogen) atoms. The topological polar surface area (TPSA) is 82.2 Å². The molecule has 1 aromatic heterocycles. The van der Waals surface area contributed by atoms with Gasteiger partial charge in [0, 0.05) is 24.4 Å². The first-order valence-corrected chi connectivity index (χ1v) is 8.24. The summed E-state index contributed by atoms with van der Waals surface area (Å²) < 4.78 is 25.9. The molecule has 0 saturated carbocycles. The van der Waals surface area contributed by atoms with E-state index in [9.17, 15) is 13.2 Å². The molecule has 1 aromatic carbocycles. The highest BCUT2D eigenvalue weighted by molar-refractivity contribution is 7.91. The number of hydrogen-bond donors (Lipinski definition) is 1. The zero-order chi connectivity index (χ0) is 15.5. The van der Waals surface area contributed by atoms with Crippen molar-refractivity contribution in [1.29, 1.82) is 0 Å². The van der Waals surface area contributed by atoms with Crippen LogP contribution in [0.15, 0.2) is 58.4 Å². The third-order valence-corrected chi connectivity index (χ3v) is 4.91. The van der Waals surface area contributed by atoms with Gasteiger partial charge < -0.3 is 10.3 Å². The molecule has 0 unspecified atom stereocenters. The van der Waals surface area contributed by atoms with Crippen molar-refractivity contribution in [1.82, 2.24) is 4.57 Å². The van der Waals surface area contributed by atoms with Crippen LogP contribution in [0, 0.1) is 0 Å². The number of hydrogen-bond acceptors (Lipinski definition) is 4. The Kier molecular flexibility index (Phi) is 4.54. The Labute approximate surface area is 127 Å². The second kappa shape index (κ2) is 6.19. The van der Waals surface area contributed by atoms with Gasteiger partial charge in [-0.05, 0) is 18.2 Å². The minimum atomic E-state index is -3.51. The van der Waals surface area contributed by atoms with Crippen LogP contribution in [-0.2, 0) is 16.4 Å². The Morgan fingerprint density at radius 2 is 1.95 bits per heavy atom. The summed E-state index contributed by atoms with van der Waals surface area (Å²) in [5, 5.41) is 0. The third kappa shape index (κ3) is 3.77. The van der Waals surface area contributed by atoms with Gasteiger partial charge in [-0.15, -0.1) is 0 Å². The van der Waals surface area contributed by atoms with E-state index in [0.717, 1.165) is 0 Å². The molecule has 5 nitrogen and oxygen atoms in total. The Hall–Kier alpha value is -1.99. The van der Waals surface area contributed by atoms with Crippen molar-refractivity contribution in [2.45, 2.75) is 11.4 Å². The highest BCUT2D eigenvalue weighted by atomic mass is 32.2. The second-order valence-electron chi connectivity index (χ2n) is 4.44. The Balaban J connectivity index is 2.23. The molecule has 2 rings (SSSR count). The Bertz CT molecular complexity index is 826. The molecule has 0 amide bonds. The number of pyridine rings is 1. The molecule has 0 radical (unpaired) electrons. The molecule has 7 heteroatoms. The highest BCUT2D eigenvalue weighted by Crippen LogP contribution is 2.13. The van der Waals surface area contributed by atoms with Gasteiger partial charge in [0.1, 0.15) is 4.99 Å². The molecule has 0 aliphatic heterocycles. The van der Waals surface area contributed by atoms with Crippen LogP contribution in [0.5, 0.6) is 0 Å². The van der Waals surface area contributed by atoms with E-state index in [4.69, 9.17) is 18.0 Å². The third-order valence-electron chi connectivity index (χ3n) is 2.98. The lowest BCUT2D eigenvalue weighted by molar-refractivity contribution is 0.587. The number of rotatable bonds is 5. The second-order valence-corrected chi connectivity index (χ2v) is 6.99. The smallest absolute Gasteiger partial charge is 0.250 e. The number of aryl methyl sites for hydroxylation is 1. The van der Waals surface area contributed by atoms with E-state index in [0.29, 0.717) is 5.56 Å². The lowest BCUT2D eigenvalue weighted by Crippen LogP contribution is -2.22. The molecule has 0 spiro atoms. The van der Waals surface area contributed by atoms with Crippen molar-refractivity contribution in [3.63, 3.8) is 0 Å². The molecule has 0 bridgehead atoms. The normalized spacial score (nSPS) is 11.2. The molecular formula is C14H14N2O3S2. The summed E-state index contributed by atoms with van der Waals surface area (Å²) in [6.07, 6.45) is 1.56. The first-order valence-electron chi connectivity index (χ1n) is 6.18. The number of benzene rings is 1. The average molecular weight is 322 g/mol. The predicted molar refractivity (Wildman–Crippen MR) is 85.1 cm³/mol. The van der Waals surface area contributed by atoms with Gasteiger partial charge in [-0.3, -0.25) is 4.79 Å².